The van der Waals surface area contributed by atoms with Crippen LogP contribution in [0.25, 0.3) is 0 Å². The summed E-state index contributed by atoms with van der Waals surface area (Å²) in [6.45, 7) is 15.2. The van der Waals surface area contributed by atoms with Crippen LogP contribution in [0.3, 0.4) is 0 Å². The van der Waals surface area contributed by atoms with Gasteiger partial charge in [0.1, 0.15) is 0 Å². The molecular formula is C28H60ClN. The van der Waals surface area contributed by atoms with Gasteiger partial charge in [-0.25, -0.2) is 0 Å². The fourth-order valence-corrected chi connectivity index (χ4v) is 4.87. The molecule has 0 rings (SSSR count). The summed E-state index contributed by atoms with van der Waals surface area (Å²) in [6, 6.07) is 0. The van der Waals surface area contributed by atoms with E-state index >= 15 is 0 Å². The fourth-order valence-electron chi connectivity index (χ4n) is 4.87. The molecule has 0 aliphatic rings. The second-order valence-corrected chi connectivity index (χ2v) is 9.89. The number of rotatable bonds is 24. The molecule has 0 aromatic heterocycles. The standard InChI is InChI=1S/C28H60N.ClH/c1-5-9-13-17-18-19-20-24-28-29(25-21-14-10-6-2,26-22-15-11-7-3)27-23-16-12-8-4;/h5-28H2,1-4H3;1H/q+1;/p-1. The van der Waals surface area contributed by atoms with Crippen LogP contribution in [-0.2, 0) is 0 Å². The van der Waals surface area contributed by atoms with E-state index in [4.69, 9.17) is 0 Å². The van der Waals surface area contributed by atoms with Crippen molar-refractivity contribution < 1.29 is 16.9 Å². The van der Waals surface area contributed by atoms with Crippen LogP contribution in [0.5, 0.6) is 0 Å². The van der Waals surface area contributed by atoms with Crippen molar-refractivity contribution in [2.75, 3.05) is 26.2 Å². The molecule has 0 aliphatic heterocycles. The Balaban J connectivity index is 0. The van der Waals surface area contributed by atoms with Crippen molar-refractivity contribution in [2.45, 2.75) is 156 Å². The third kappa shape index (κ3) is 20.2. The zero-order valence-corrected chi connectivity index (χ0v) is 22.6. The minimum absolute atomic E-state index is 0. The average molecular weight is 446 g/mol. The summed E-state index contributed by atoms with van der Waals surface area (Å²) in [5.74, 6) is 0. The van der Waals surface area contributed by atoms with Crippen molar-refractivity contribution >= 4 is 0 Å². The van der Waals surface area contributed by atoms with Gasteiger partial charge in [-0.1, -0.05) is 105 Å². The maximum absolute atomic E-state index is 2.35. The van der Waals surface area contributed by atoms with Gasteiger partial charge in [-0.05, 0) is 51.4 Å². The first kappa shape index (κ1) is 32.4. The molecule has 0 unspecified atom stereocenters. The minimum Gasteiger partial charge on any atom is -1.00 e. The highest BCUT2D eigenvalue weighted by Crippen LogP contribution is 2.20. The molecule has 0 saturated heterocycles. The molecule has 0 aromatic rings. The van der Waals surface area contributed by atoms with Crippen molar-refractivity contribution in [1.82, 2.24) is 0 Å². The van der Waals surface area contributed by atoms with Crippen LogP contribution in [-0.4, -0.2) is 30.7 Å². The first-order valence-corrected chi connectivity index (χ1v) is 14.1. The lowest BCUT2D eigenvalue weighted by molar-refractivity contribution is -0.929. The van der Waals surface area contributed by atoms with Gasteiger partial charge in [0, 0.05) is 0 Å². The summed E-state index contributed by atoms with van der Waals surface area (Å²) in [7, 11) is 0. The minimum atomic E-state index is 0. The molecule has 0 aromatic carbocycles. The number of halogens is 1. The lowest BCUT2D eigenvalue weighted by atomic mass is 10.1. The Labute approximate surface area is 199 Å². The van der Waals surface area contributed by atoms with Crippen LogP contribution in [0.15, 0.2) is 0 Å². The SMILES string of the molecule is CCCCCCCCCC[N+](CCCCCC)(CCCCCC)CCCCCC.[Cl-]. The molecule has 2 heteroatoms. The van der Waals surface area contributed by atoms with Crippen molar-refractivity contribution in [3.63, 3.8) is 0 Å². The van der Waals surface area contributed by atoms with E-state index in [9.17, 15) is 0 Å². The van der Waals surface area contributed by atoms with Gasteiger partial charge in [0.15, 0.2) is 0 Å². The molecule has 0 spiro atoms. The van der Waals surface area contributed by atoms with E-state index in [2.05, 4.69) is 27.7 Å². The predicted molar refractivity (Wildman–Crippen MR) is 135 cm³/mol. The smallest absolute Gasteiger partial charge is 0.0786 e. The van der Waals surface area contributed by atoms with Gasteiger partial charge >= 0.3 is 0 Å². The highest BCUT2D eigenvalue weighted by molar-refractivity contribution is 4.54. The monoisotopic (exact) mass is 445 g/mol. The second kappa shape index (κ2) is 25.5. The Morgan fingerprint density at radius 3 is 0.767 bits per heavy atom. The molecule has 0 radical (unpaired) electrons. The Morgan fingerprint density at radius 1 is 0.300 bits per heavy atom. The van der Waals surface area contributed by atoms with Crippen LogP contribution < -0.4 is 12.4 Å². The van der Waals surface area contributed by atoms with E-state index in [0.29, 0.717) is 0 Å². The maximum Gasteiger partial charge on any atom is 0.0786 e. The van der Waals surface area contributed by atoms with E-state index in [-0.39, 0.29) is 12.4 Å². The average Bonchev–Trinajstić information content (AvgIpc) is 2.73. The number of nitrogens with zero attached hydrogens (tertiary/aromatic N) is 1. The molecule has 0 heterocycles. The van der Waals surface area contributed by atoms with Gasteiger partial charge in [-0.3, -0.25) is 0 Å². The molecule has 0 saturated carbocycles. The molecule has 0 aliphatic carbocycles. The Hall–Kier alpha value is 0.250. The van der Waals surface area contributed by atoms with Crippen LogP contribution in [0.2, 0.25) is 0 Å². The summed E-state index contributed by atoms with van der Waals surface area (Å²) >= 11 is 0. The largest absolute Gasteiger partial charge is 1.00 e. The Morgan fingerprint density at radius 2 is 0.500 bits per heavy atom. The topological polar surface area (TPSA) is 0 Å². The third-order valence-electron chi connectivity index (χ3n) is 6.94. The lowest BCUT2D eigenvalue weighted by Gasteiger charge is -2.39. The Kier molecular flexibility index (Phi) is 27.6. The normalized spacial score (nSPS) is 11.6. The highest BCUT2D eigenvalue weighted by Gasteiger charge is 2.25. The molecule has 0 fully saturated rings. The molecular weight excluding hydrogens is 386 g/mol. The van der Waals surface area contributed by atoms with E-state index < -0.39 is 0 Å². The van der Waals surface area contributed by atoms with Crippen LogP contribution in [0.4, 0.5) is 0 Å². The summed E-state index contributed by atoms with van der Waals surface area (Å²) in [5.41, 5.74) is 0. The first-order chi connectivity index (χ1) is 14.2. The summed E-state index contributed by atoms with van der Waals surface area (Å²) in [4.78, 5) is 0. The second-order valence-electron chi connectivity index (χ2n) is 9.89. The number of hydrogen-bond acceptors (Lipinski definition) is 0. The van der Waals surface area contributed by atoms with Crippen molar-refractivity contribution in [3.05, 3.63) is 0 Å². The van der Waals surface area contributed by atoms with E-state index in [0.717, 1.165) is 0 Å². The lowest BCUT2D eigenvalue weighted by Crippen LogP contribution is -3.00. The Bertz CT molecular complexity index is 274. The maximum atomic E-state index is 2.35. The number of unbranched alkanes of at least 4 members (excludes halogenated alkanes) is 16. The van der Waals surface area contributed by atoms with E-state index in [1.807, 2.05) is 0 Å². The van der Waals surface area contributed by atoms with E-state index in [1.54, 1.807) is 0 Å². The number of hydrogen-bond donors (Lipinski definition) is 0. The van der Waals surface area contributed by atoms with Crippen LogP contribution in [0.1, 0.15) is 156 Å². The van der Waals surface area contributed by atoms with Gasteiger partial charge in [-0.2, -0.15) is 0 Å². The van der Waals surface area contributed by atoms with Crippen molar-refractivity contribution in [1.29, 1.82) is 0 Å². The quantitative estimate of drug-likeness (QED) is 0.115. The molecule has 184 valence electrons. The molecule has 30 heavy (non-hydrogen) atoms. The van der Waals surface area contributed by atoms with Crippen molar-refractivity contribution in [3.8, 4) is 0 Å². The van der Waals surface area contributed by atoms with Gasteiger partial charge < -0.3 is 16.9 Å². The summed E-state index contributed by atoms with van der Waals surface area (Å²) in [6.07, 6.45) is 28.8. The van der Waals surface area contributed by atoms with Crippen molar-refractivity contribution in [2.24, 2.45) is 0 Å². The molecule has 0 N–H and O–H groups in total. The highest BCUT2D eigenvalue weighted by atomic mass is 35.5. The number of quaternary nitrogens is 1. The molecule has 1 nitrogen and oxygen atoms in total. The van der Waals surface area contributed by atoms with Crippen LogP contribution >= 0.6 is 0 Å². The summed E-state index contributed by atoms with van der Waals surface area (Å²) < 4.78 is 1.47. The van der Waals surface area contributed by atoms with Gasteiger partial charge in [0.05, 0.1) is 26.2 Å². The van der Waals surface area contributed by atoms with Gasteiger partial charge in [0.25, 0.3) is 0 Å². The van der Waals surface area contributed by atoms with Gasteiger partial charge in [0.2, 0.25) is 0 Å². The first-order valence-electron chi connectivity index (χ1n) is 14.1. The zero-order valence-electron chi connectivity index (χ0n) is 21.8. The molecule has 0 atom stereocenters. The molecule has 0 bridgehead atoms. The third-order valence-corrected chi connectivity index (χ3v) is 6.94. The van der Waals surface area contributed by atoms with Crippen LogP contribution in [0, 0.1) is 0 Å². The zero-order chi connectivity index (χ0) is 21.5. The van der Waals surface area contributed by atoms with Gasteiger partial charge in [-0.15, -0.1) is 0 Å². The molecule has 0 amide bonds. The summed E-state index contributed by atoms with van der Waals surface area (Å²) in [5, 5.41) is 0. The van der Waals surface area contributed by atoms with E-state index in [1.165, 1.54) is 159 Å². The fraction of sp³-hybridized carbons (Fsp3) is 1.00. The predicted octanol–water partition coefficient (Wildman–Crippen LogP) is 6.69.